The standard InChI is InChI=1S/C25H37NO6/c1-8-30-21(28)25(17-18-12-10-9-11-13-18)19(16-20(27)31-23(2,3)4)14-15-26(25)22(29)32-24(5,6)7/h9-13,19H,8,14-17H2,1-7H3/t19-,25-/m0/s1. The fourth-order valence-electron chi connectivity index (χ4n) is 4.12. The Bertz CT molecular complexity index is 808. The first-order valence-electron chi connectivity index (χ1n) is 11.2. The molecule has 2 atom stereocenters. The zero-order valence-corrected chi connectivity index (χ0v) is 20.4. The Balaban J connectivity index is 2.51. The third-order valence-corrected chi connectivity index (χ3v) is 5.25. The third-order valence-electron chi connectivity index (χ3n) is 5.25. The highest BCUT2D eigenvalue weighted by Gasteiger charge is 2.58. The van der Waals surface area contributed by atoms with E-state index in [0.29, 0.717) is 6.42 Å². The summed E-state index contributed by atoms with van der Waals surface area (Å²) in [6.07, 6.45) is 0.0966. The van der Waals surface area contributed by atoms with Crippen LogP contribution in [-0.2, 0) is 30.2 Å². The maximum Gasteiger partial charge on any atom is 0.411 e. The van der Waals surface area contributed by atoms with Gasteiger partial charge in [0, 0.05) is 18.9 Å². The summed E-state index contributed by atoms with van der Waals surface area (Å²) in [7, 11) is 0. The van der Waals surface area contributed by atoms with Crippen molar-refractivity contribution in [2.75, 3.05) is 13.2 Å². The van der Waals surface area contributed by atoms with Crippen molar-refractivity contribution in [2.24, 2.45) is 5.92 Å². The van der Waals surface area contributed by atoms with Gasteiger partial charge in [-0.3, -0.25) is 9.69 Å². The lowest BCUT2D eigenvalue weighted by Crippen LogP contribution is -2.59. The van der Waals surface area contributed by atoms with Crippen LogP contribution in [0.3, 0.4) is 0 Å². The summed E-state index contributed by atoms with van der Waals surface area (Å²) >= 11 is 0. The SMILES string of the molecule is CCOC(=O)[C@]1(Cc2ccccc2)[C@H](CC(=O)OC(C)(C)C)CCN1C(=O)OC(C)(C)C. The van der Waals surface area contributed by atoms with Gasteiger partial charge in [-0.15, -0.1) is 0 Å². The number of amides is 1. The van der Waals surface area contributed by atoms with E-state index in [-0.39, 0.29) is 26.0 Å². The molecule has 7 nitrogen and oxygen atoms in total. The minimum absolute atomic E-state index is 0.00220. The molecule has 1 heterocycles. The van der Waals surface area contributed by atoms with Crippen molar-refractivity contribution in [2.45, 2.75) is 84.5 Å². The van der Waals surface area contributed by atoms with Gasteiger partial charge in [0.05, 0.1) is 13.0 Å². The summed E-state index contributed by atoms with van der Waals surface area (Å²) in [4.78, 5) is 40.9. The number of carbonyl (C=O) groups is 3. The number of likely N-dealkylation sites (tertiary alicyclic amines) is 1. The van der Waals surface area contributed by atoms with Gasteiger partial charge >= 0.3 is 18.0 Å². The first kappa shape index (κ1) is 25.7. The summed E-state index contributed by atoms with van der Waals surface area (Å²) in [5.74, 6) is -1.40. The summed E-state index contributed by atoms with van der Waals surface area (Å²) in [6.45, 7) is 12.9. The first-order valence-corrected chi connectivity index (χ1v) is 11.2. The molecule has 178 valence electrons. The monoisotopic (exact) mass is 447 g/mol. The topological polar surface area (TPSA) is 82.1 Å². The Morgan fingerprint density at radius 1 is 1.00 bits per heavy atom. The smallest absolute Gasteiger partial charge is 0.411 e. The van der Waals surface area contributed by atoms with Crippen molar-refractivity contribution in [1.29, 1.82) is 0 Å². The van der Waals surface area contributed by atoms with Gasteiger partial charge in [-0.1, -0.05) is 30.3 Å². The largest absolute Gasteiger partial charge is 0.464 e. The molecule has 0 saturated carbocycles. The molecule has 0 bridgehead atoms. The van der Waals surface area contributed by atoms with Crippen LogP contribution in [0.5, 0.6) is 0 Å². The number of esters is 2. The van der Waals surface area contributed by atoms with Crippen LogP contribution in [0.25, 0.3) is 0 Å². The minimum atomic E-state index is -1.36. The van der Waals surface area contributed by atoms with Gasteiger partial charge in [0.25, 0.3) is 0 Å². The average Bonchev–Trinajstić information content (AvgIpc) is 2.99. The summed E-state index contributed by atoms with van der Waals surface area (Å²) < 4.78 is 16.7. The lowest BCUT2D eigenvalue weighted by atomic mass is 9.77. The zero-order valence-electron chi connectivity index (χ0n) is 20.4. The molecular weight excluding hydrogens is 410 g/mol. The first-order chi connectivity index (χ1) is 14.8. The molecule has 32 heavy (non-hydrogen) atoms. The van der Waals surface area contributed by atoms with E-state index in [2.05, 4.69) is 0 Å². The molecule has 1 aliphatic rings. The van der Waals surface area contributed by atoms with Gasteiger partial charge in [0.15, 0.2) is 5.54 Å². The van der Waals surface area contributed by atoms with Crippen molar-refractivity contribution >= 4 is 18.0 Å². The maximum atomic E-state index is 13.5. The Morgan fingerprint density at radius 3 is 2.12 bits per heavy atom. The fraction of sp³-hybridized carbons (Fsp3) is 0.640. The number of nitrogens with zero attached hydrogens (tertiary/aromatic N) is 1. The van der Waals surface area contributed by atoms with E-state index in [0.717, 1.165) is 5.56 Å². The number of carbonyl (C=O) groups excluding carboxylic acids is 3. The lowest BCUT2D eigenvalue weighted by molar-refractivity contribution is -0.162. The van der Waals surface area contributed by atoms with Crippen LogP contribution in [0, 0.1) is 5.92 Å². The Hall–Kier alpha value is -2.57. The van der Waals surface area contributed by atoms with Crippen molar-refractivity contribution in [1.82, 2.24) is 4.90 Å². The van der Waals surface area contributed by atoms with Crippen LogP contribution in [-0.4, -0.2) is 52.8 Å². The molecule has 1 aromatic carbocycles. The van der Waals surface area contributed by atoms with Gasteiger partial charge in [0.1, 0.15) is 11.2 Å². The van der Waals surface area contributed by atoms with Gasteiger partial charge in [0.2, 0.25) is 0 Å². The third kappa shape index (κ3) is 6.47. The molecule has 0 unspecified atom stereocenters. The van der Waals surface area contributed by atoms with Crippen molar-refractivity contribution in [3.63, 3.8) is 0 Å². The molecule has 1 aromatic rings. The number of benzene rings is 1. The van der Waals surface area contributed by atoms with Gasteiger partial charge in [-0.2, -0.15) is 0 Å². The van der Waals surface area contributed by atoms with E-state index in [1.807, 2.05) is 30.3 Å². The van der Waals surface area contributed by atoms with Crippen molar-refractivity contribution in [3.05, 3.63) is 35.9 Å². The van der Waals surface area contributed by atoms with Gasteiger partial charge < -0.3 is 14.2 Å². The second-order valence-corrected chi connectivity index (χ2v) is 10.2. The quantitative estimate of drug-likeness (QED) is 0.471. The molecule has 1 saturated heterocycles. The zero-order chi connectivity index (χ0) is 24.2. The molecule has 7 heteroatoms. The molecular formula is C25H37NO6. The summed E-state index contributed by atoms with van der Waals surface area (Å²) in [6, 6.07) is 9.45. The van der Waals surface area contributed by atoms with Gasteiger partial charge in [-0.05, 0) is 60.5 Å². The van der Waals surface area contributed by atoms with Crippen LogP contribution in [0.4, 0.5) is 4.79 Å². The minimum Gasteiger partial charge on any atom is -0.464 e. The van der Waals surface area contributed by atoms with E-state index in [9.17, 15) is 14.4 Å². The number of ether oxygens (including phenoxy) is 3. The van der Waals surface area contributed by atoms with E-state index < -0.39 is 40.7 Å². The molecule has 0 aromatic heterocycles. The maximum absolute atomic E-state index is 13.5. The second-order valence-electron chi connectivity index (χ2n) is 10.2. The molecule has 0 aliphatic carbocycles. The molecule has 1 fully saturated rings. The molecule has 2 rings (SSSR count). The van der Waals surface area contributed by atoms with Crippen LogP contribution in [0.2, 0.25) is 0 Å². The number of hydrogen-bond acceptors (Lipinski definition) is 6. The van der Waals surface area contributed by atoms with E-state index in [1.54, 1.807) is 48.5 Å². The Morgan fingerprint density at radius 2 is 1.59 bits per heavy atom. The number of hydrogen-bond donors (Lipinski definition) is 0. The van der Waals surface area contributed by atoms with Crippen molar-refractivity contribution < 1.29 is 28.6 Å². The highest BCUT2D eigenvalue weighted by molar-refractivity contribution is 5.88. The van der Waals surface area contributed by atoms with Crippen LogP contribution >= 0.6 is 0 Å². The molecule has 0 radical (unpaired) electrons. The highest BCUT2D eigenvalue weighted by Crippen LogP contribution is 2.42. The van der Waals surface area contributed by atoms with Crippen LogP contribution < -0.4 is 0 Å². The van der Waals surface area contributed by atoms with Crippen molar-refractivity contribution in [3.8, 4) is 0 Å². The van der Waals surface area contributed by atoms with E-state index in [4.69, 9.17) is 14.2 Å². The van der Waals surface area contributed by atoms with E-state index in [1.165, 1.54) is 4.90 Å². The molecule has 1 aliphatic heterocycles. The Labute approximate surface area is 191 Å². The lowest BCUT2D eigenvalue weighted by Gasteiger charge is -2.40. The summed E-state index contributed by atoms with van der Waals surface area (Å²) in [5, 5.41) is 0. The predicted octanol–water partition coefficient (Wildman–Crippen LogP) is 4.52. The van der Waals surface area contributed by atoms with Crippen LogP contribution in [0.1, 0.15) is 66.9 Å². The fourth-order valence-corrected chi connectivity index (χ4v) is 4.12. The van der Waals surface area contributed by atoms with E-state index >= 15 is 0 Å². The van der Waals surface area contributed by atoms with Gasteiger partial charge in [-0.25, -0.2) is 9.59 Å². The molecule has 0 N–H and O–H groups in total. The number of rotatable bonds is 6. The Kier molecular flexibility index (Phi) is 7.97. The molecule has 1 amide bonds. The van der Waals surface area contributed by atoms with Crippen LogP contribution in [0.15, 0.2) is 30.3 Å². The predicted molar refractivity (Wildman–Crippen MR) is 121 cm³/mol. The highest BCUT2D eigenvalue weighted by atomic mass is 16.6. The average molecular weight is 448 g/mol. The molecule has 0 spiro atoms. The second kappa shape index (κ2) is 9.92. The normalized spacial score (nSPS) is 21.2. The summed E-state index contributed by atoms with van der Waals surface area (Å²) in [5.41, 5.74) is -1.87.